The minimum Gasteiger partial charge on any atom is -0.497 e. The van der Waals surface area contributed by atoms with Crippen LogP contribution in [-0.4, -0.2) is 29.6 Å². The molecule has 0 bridgehead atoms. The highest BCUT2D eigenvalue weighted by molar-refractivity contribution is 8.15. The van der Waals surface area contributed by atoms with Gasteiger partial charge in [-0.2, -0.15) is 5.10 Å². The number of rotatable bonds is 5. The Bertz CT molecular complexity index is 869. The summed E-state index contributed by atoms with van der Waals surface area (Å²) in [4.78, 5) is 12.1. The molecule has 2 aromatic rings. The Morgan fingerprint density at radius 2 is 2.00 bits per heavy atom. The number of methoxy groups -OCH3 is 1. The van der Waals surface area contributed by atoms with Crippen molar-refractivity contribution >= 4 is 52.3 Å². The number of nitrogens with one attached hydrogen (secondary N) is 1. The van der Waals surface area contributed by atoms with Gasteiger partial charge >= 0.3 is 0 Å². The van der Waals surface area contributed by atoms with Crippen molar-refractivity contribution in [3.8, 4) is 5.75 Å². The normalized spacial score (nSPS) is 18.5. The number of nitrogens with zero attached hydrogens (tertiary/aromatic N) is 2. The first-order valence-corrected chi connectivity index (χ1v) is 9.35. The molecule has 0 radical (unpaired) electrons. The maximum Gasteiger partial charge on any atom is 0.239 e. The summed E-state index contributed by atoms with van der Waals surface area (Å²) in [6.45, 7) is 0. The number of benzene rings is 2. The van der Waals surface area contributed by atoms with Crippen LogP contribution in [-0.2, 0) is 11.2 Å². The lowest BCUT2D eigenvalue weighted by Gasteiger charge is -2.07. The molecule has 0 aliphatic carbocycles. The van der Waals surface area contributed by atoms with E-state index < -0.39 is 0 Å². The summed E-state index contributed by atoms with van der Waals surface area (Å²) in [6.07, 6.45) is 2.08. The Morgan fingerprint density at radius 3 is 2.73 bits per heavy atom. The van der Waals surface area contributed by atoms with Gasteiger partial charge in [0, 0.05) is 10.0 Å². The highest BCUT2D eigenvalue weighted by Gasteiger charge is 2.31. The van der Waals surface area contributed by atoms with E-state index >= 15 is 0 Å². The molecular weight excluding hydrogens is 393 g/mol. The van der Waals surface area contributed by atoms with Gasteiger partial charge in [-0.1, -0.05) is 35.0 Å². The van der Waals surface area contributed by atoms with Gasteiger partial charge in [0.05, 0.1) is 18.6 Å². The molecule has 1 N–H and O–H groups in total. The van der Waals surface area contributed by atoms with Gasteiger partial charge in [-0.15, -0.1) is 5.10 Å². The van der Waals surface area contributed by atoms with Crippen LogP contribution < -0.4 is 10.1 Å². The Balaban J connectivity index is 1.63. The van der Waals surface area contributed by atoms with E-state index in [0.717, 1.165) is 16.9 Å². The minimum absolute atomic E-state index is 0.121. The Morgan fingerprint density at radius 1 is 1.23 bits per heavy atom. The van der Waals surface area contributed by atoms with Crippen molar-refractivity contribution in [1.82, 2.24) is 5.32 Å². The molecule has 1 heterocycles. The average Bonchev–Trinajstić information content (AvgIpc) is 2.98. The van der Waals surface area contributed by atoms with E-state index in [0.29, 0.717) is 21.6 Å². The fraction of sp³-hybridized carbons (Fsp3) is 0.167. The maximum absolute atomic E-state index is 12.1. The van der Waals surface area contributed by atoms with Crippen LogP contribution in [0.5, 0.6) is 5.75 Å². The van der Waals surface area contributed by atoms with Crippen molar-refractivity contribution in [2.45, 2.75) is 11.7 Å². The second-order valence-corrected chi connectivity index (χ2v) is 7.49. The number of carbonyl (C=O) groups is 1. The first-order chi connectivity index (χ1) is 12.5. The van der Waals surface area contributed by atoms with Gasteiger partial charge in [0.2, 0.25) is 5.91 Å². The summed E-state index contributed by atoms with van der Waals surface area (Å²) in [5, 5.41) is 12.1. The molecule has 1 aliphatic rings. The van der Waals surface area contributed by atoms with E-state index in [9.17, 15) is 4.79 Å². The number of amidine groups is 1. The van der Waals surface area contributed by atoms with E-state index in [1.165, 1.54) is 11.8 Å². The lowest BCUT2D eigenvalue weighted by molar-refractivity contribution is -0.118. The molecule has 134 valence electrons. The van der Waals surface area contributed by atoms with Crippen LogP contribution in [0.15, 0.2) is 52.7 Å². The molecular formula is C18H15Cl2N3O2S. The lowest BCUT2D eigenvalue weighted by atomic mass is 10.1. The molecule has 1 fully saturated rings. The van der Waals surface area contributed by atoms with Gasteiger partial charge in [0.25, 0.3) is 0 Å². The SMILES string of the molecule is COc1ccc(/C=N\N=C2/NC(=O)[C@@H](Cc3cc(Cl)ccc3Cl)S2)cc1. The fourth-order valence-electron chi connectivity index (χ4n) is 2.32. The standard InChI is InChI=1S/C18H15Cl2N3O2S/c1-25-14-5-2-11(3-6-14)10-21-23-18-22-17(24)16(26-18)9-12-8-13(19)4-7-15(12)20/h2-8,10,16H,9H2,1H3,(H,22,23,24)/b21-10-/t16-/m1/s1. The smallest absolute Gasteiger partial charge is 0.239 e. The summed E-state index contributed by atoms with van der Waals surface area (Å²) >= 11 is 13.5. The van der Waals surface area contributed by atoms with Crippen molar-refractivity contribution in [3.63, 3.8) is 0 Å². The third-order valence-corrected chi connectivity index (χ3v) is 5.34. The molecule has 5 nitrogen and oxygen atoms in total. The third kappa shape index (κ3) is 4.78. The molecule has 2 aromatic carbocycles. The maximum atomic E-state index is 12.1. The molecule has 0 unspecified atom stereocenters. The van der Waals surface area contributed by atoms with E-state index in [1.807, 2.05) is 24.3 Å². The predicted octanol–water partition coefficient (Wildman–Crippen LogP) is 4.17. The third-order valence-electron chi connectivity index (χ3n) is 3.66. The van der Waals surface area contributed by atoms with Crippen molar-refractivity contribution < 1.29 is 9.53 Å². The minimum atomic E-state index is -0.319. The second kappa shape index (κ2) is 8.58. The van der Waals surface area contributed by atoms with Gasteiger partial charge in [-0.3, -0.25) is 4.79 Å². The Kier molecular flexibility index (Phi) is 6.19. The number of halogens is 2. The molecule has 0 spiro atoms. The Labute approximate surface area is 165 Å². The first-order valence-electron chi connectivity index (χ1n) is 7.71. The van der Waals surface area contributed by atoms with Crippen LogP contribution in [0.1, 0.15) is 11.1 Å². The number of amides is 1. The lowest BCUT2D eigenvalue weighted by Crippen LogP contribution is -2.26. The molecule has 1 amide bonds. The first kappa shape index (κ1) is 18.8. The molecule has 1 saturated heterocycles. The monoisotopic (exact) mass is 407 g/mol. The zero-order valence-electron chi connectivity index (χ0n) is 13.8. The molecule has 26 heavy (non-hydrogen) atoms. The van der Waals surface area contributed by atoms with E-state index in [-0.39, 0.29) is 11.2 Å². The average molecular weight is 408 g/mol. The van der Waals surface area contributed by atoms with Crippen molar-refractivity contribution in [2.24, 2.45) is 10.2 Å². The van der Waals surface area contributed by atoms with E-state index in [2.05, 4.69) is 15.5 Å². The number of thioether (sulfide) groups is 1. The summed E-state index contributed by atoms with van der Waals surface area (Å²) in [5.41, 5.74) is 1.71. The number of carbonyl (C=O) groups excluding carboxylic acids is 1. The Hall–Kier alpha value is -2.02. The summed E-state index contributed by atoms with van der Waals surface area (Å²) < 4.78 is 5.10. The van der Waals surface area contributed by atoms with Gasteiger partial charge in [0.1, 0.15) is 5.75 Å². The summed E-state index contributed by atoms with van der Waals surface area (Å²) in [7, 11) is 1.61. The number of hydrogen-bond donors (Lipinski definition) is 1. The largest absolute Gasteiger partial charge is 0.497 e. The molecule has 0 saturated carbocycles. The zero-order valence-corrected chi connectivity index (χ0v) is 16.1. The predicted molar refractivity (Wildman–Crippen MR) is 108 cm³/mol. The fourth-order valence-corrected chi connectivity index (χ4v) is 3.67. The van der Waals surface area contributed by atoms with Crippen LogP contribution in [0.4, 0.5) is 0 Å². The summed E-state index contributed by atoms with van der Waals surface area (Å²) in [6, 6.07) is 12.6. The molecule has 1 atom stereocenters. The van der Waals surface area contributed by atoms with Crippen molar-refractivity contribution in [3.05, 3.63) is 63.6 Å². The highest BCUT2D eigenvalue weighted by atomic mass is 35.5. The van der Waals surface area contributed by atoms with Crippen molar-refractivity contribution in [1.29, 1.82) is 0 Å². The van der Waals surface area contributed by atoms with E-state index in [1.54, 1.807) is 31.5 Å². The second-order valence-electron chi connectivity index (χ2n) is 5.46. The number of ether oxygens (including phenoxy) is 1. The molecule has 1 aliphatic heterocycles. The molecule has 8 heteroatoms. The van der Waals surface area contributed by atoms with Gasteiger partial charge in [-0.25, -0.2) is 0 Å². The quantitative estimate of drug-likeness (QED) is 0.597. The molecule has 3 rings (SSSR count). The topological polar surface area (TPSA) is 63.1 Å². The van der Waals surface area contributed by atoms with Crippen LogP contribution in [0, 0.1) is 0 Å². The van der Waals surface area contributed by atoms with Crippen LogP contribution >= 0.6 is 35.0 Å². The highest BCUT2D eigenvalue weighted by Crippen LogP contribution is 2.28. The van der Waals surface area contributed by atoms with Crippen molar-refractivity contribution in [2.75, 3.05) is 7.11 Å². The van der Waals surface area contributed by atoms with Gasteiger partial charge in [-0.05, 0) is 60.0 Å². The van der Waals surface area contributed by atoms with Crippen LogP contribution in [0.3, 0.4) is 0 Å². The van der Waals surface area contributed by atoms with Gasteiger partial charge < -0.3 is 10.1 Å². The van der Waals surface area contributed by atoms with E-state index in [4.69, 9.17) is 27.9 Å². The molecule has 0 aromatic heterocycles. The van der Waals surface area contributed by atoms with Crippen LogP contribution in [0.2, 0.25) is 10.0 Å². The van der Waals surface area contributed by atoms with Crippen LogP contribution in [0.25, 0.3) is 0 Å². The zero-order chi connectivity index (χ0) is 18.5. The van der Waals surface area contributed by atoms with Gasteiger partial charge in [0.15, 0.2) is 5.17 Å². The summed E-state index contributed by atoms with van der Waals surface area (Å²) in [5.74, 6) is 0.652. The number of hydrogen-bond acceptors (Lipinski definition) is 5.